The van der Waals surface area contributed by atoms with Crippen LogP contribution in [0.4, 0.5) is 0 Å². The number of nitrogens with two attached hydrogens (primary N) is 1. The third-order valence-electron chi connectivity index (χ3n) is 2.38. The van der Waals surface area contributed by atoms with Crippen LogP contribution in [0.15, 0.2) is 0 Å². The summed E-state index contributed by atoms with van der Waals surface area (Å²) in [5.41, 5.74) is 5.24. The van der Waals surface area contributed by atoms with E-state index in [0.717, 1.165) is 12.5 Å². The van der Waals surface area contributed by atoms with Crippen LogP contribution in [-0.4, -0.2) is 17.4 Å². The summed E-state index contributed by atoms with van der Waals surface area (Å²) >= 11 is 4.63. The van der Waals surface area contributed by atoms with Crippen molar-refractivity contribution in [2.24, 2.45) is 17.6 Å². The van der Waals surface area contributed by atoms with Gasteiger partial charge in [0.15, 0.2) is 0 Å². The van der Waals surface area contributed by atoms with Crippen molar-refractivity contribution >= 4 is 23.1 Å². The maximum atomic E-state index is 11.1. The van der Waals surface area contributed by atoms with Crippen LogP contribution in [0.3, 0.4) is 0 Å². The van der Waals surface area contributed by atoms with Crippen molar-refractivity contribution in [2.75, 3.05) is 6.54 Å². The van der Waals surface area contributed by atoms with Crippen molar-refractivity contribution in [1.82, 2.24) is 5.32 Å². The van der Waals surface area contributed by atoms with Gasteiger partial charge in [0.1, 0.15) is 0 Å². The van der Waals surface area contributed by atoms with Gasteiger partial charge in [-0.25, -0.2) is 0 Å². The molecule has 0 saturated heterocycles. The second-order valence-electron chi connectivity index (χ2n) is 3.76. The molecule has 1 fully saturated rings. The number of rotatable bonds is 5. The zero-order chi connectivity index (χ0) is 9.84. The molecule has 0 aromatic carbocycles. The smallest absolute Gasteiger partial charge is 0.226 e. The van der Waals surface area contributed by atoms with E-state index in [-0.39, 0.29) is 17.3 Å². The van der Waals surface area contributed by atoms with Crippen molar-refractivity contribution in [3.63, 3.8) is 0 Å². The average Bonchev–Trinajstić information content (AvgIpc) is 2.80. The molecule has 1 atom stereocenters. The van der Waals surface area contributed by atoms with Crippen LogP contribution < -0.4 is 11.1 Å². The van der Waals surface area contributed by atoms with Gasteiger partial charge in [0, 0.05) is 6.54 Å². The SMILES string of the molecule is CC(CNC(=O)CC(N)=S)C1CC1. The van der Waals surface area contributed by atoms with E-state index in [1.807, 2.05) is 0 Å². The molecule has 0 aliphatic heterocycles. The number of carbonyl (C=O) groups excluding carboxylic acids is 1. The summed E-state index contributed by atoms with van der Waals surface area (Å²) in [6, 6.07) is 0. The van der Waals surface area contributed by atoms with Crippen LogP contribution in [0.1, 0.15) is 26.2 Å². The van der Waals surface area contributed by atoms with Gasteiger partial charge >= 0.3 is 0 Å². The van der Waals surface area contributed by atoms with Crippen LogP contribution in [0.2, 0.25) is 0 Å². The predicted octanol–water partition coefficient (Wildman–Crippen LogP) is 0.825. The minimum Gasteiger partial charge on any atom is -0.393 e. The Kier molecular flexibility index (Phi) is 3.66. The molecule has 0 heterocycles. The Bertz CT molecular complexity index is 214. The van der Waals surface area contributed by atoms with Crippen LogP contribution in [0, 0.1) is 11.8 Å². The highest BCUT2D eigenvalue weighted by Crippen LogP contribution is 2.35. The zero-order valence-electron chi connectivity index (χ0n) is 7.88. The largest absolute Gasteiger partial charge is 0.393 e. The van der Waals surface area contributed by atoms with Gasteiger partial charge in [0.25, 0.3) is 0 Å². The van der Waals surface area contributed by atoms with Crippen molar-refractivity contribution in [1.29, 1.82) is 0 Å². The molecule has 74 valence electrons. The van der Waals surface area contributed by atoms with Gasteiger partial charge in [0.05, 0.1) is 11.4 Å². The van der Waals surface area contributed by atoms with Gasteiger partial charge in [-0.1, -0.05) is 19.1 Å². The summed E-state index contributed by atoms with van der Waals surface area (Å²) in [6.45, 7) is 2.92. The van der Waals surface area contributed by atoms with Gasteiger partial charge < -0.3 is 11.1 Å². The standard InChI is InChI=1S/C9H16N2OS/c1-6(7-2-3-7)5-11-9(12)4-8(10)13/h6-7H,2-5H2,1H3,(H2,10,13)(H,11,12). The first-order valence-corrected chi connectivity index (χ1v) is 5.05. The Labute approximate surface area is 84.1 Å². The highest BCUT2D eigenvalue weighted by molar-refractivity contribution is 7.80. The highest BCUT2D eigenvalue weighted by atomic mass is 32.1. The monoisotopic (exact) mass is 200 g/mol. The molecule has 13 heavy (non-hydrogen) atoms. The van der Waals surface area contributed by atoms with Gasteiger partial charge in [-0.05, 0) is 24.7 Å². The first-order valence-electron chi connectivity index (χ1n) is 4.64. The summed E-state index contributed by atoms with van der Waals surface area (Å²) in [6.07, 6.45) is 2.80. The molecule has 3 N–H and O–H groups in total. The van der Waals surface area contributed by atoms with Crippen molar-refractivity contribution in [2.45, 2.75) is 26.2 Å². The molecule has 0 bridgehead atoms. The topological polar surface area (TPSA) is 55.1 Å². The molecular formula is C9H16N2OS. The third kappa shape index (κ3) is 4.22. The summed E-state index contributed by atoms with van der Waals surface area (Å²) in [5.74, 6) is 1.36. The van der Waals surface area contributed by atoms with E-state index >= 15 is 0 Å². The molecular weight excluding hydrogens is 184 g/mol. The minimum atomic E-state index is -0.0556. The predicted molar refractivity (Wildman–Crippen MR) is 56.3 cm³/mol. The maximum Gasteiger partial charge on any atom is 0.226 e. The van der Waals surface area contributed by atoms with Crippen LogP contribution in [-0.2, 0) is 4.79 Å². The Morgan fingerprint density at radius 3 is 2.77 bits per heavy atom. The molecule has 3 nitrogen and oxygen atoms in total. The van der Waals surface area contributed by atoms with Crippen LogP contribution in [0.25, 0.3) is 0 Å². The molecule has 0 spiro atoms. The fourth-order valence-electron chi connectivity index (χ4n) is 1.33. The van der Waals surface area contributed by atoms with E-state index in [1.54, 1.807) is 0 Å². The molecule has 0 aromatic heterocycles. The van der Waals surface area contributed by atoms with E-state index in [0.29, 0.717) is 5.92 Å². The van der Waals surface area contributed by atoms with Crippen LogP contribution in [0.5, 0.6) is 0 Å². The fraction of sp³-hybridized carbons (Fsp3) is 0.778. The molecule has 1 unspecified atom stereocenters. The Morgan fingerprint density at radius 1 is 1.69 bits per heavy atom. The molecule has 4 heteroatoms. The van der Waals surface area contributed by atoms with Gasteiger partial charge in [-0.15, -0.1) is 0 Å². The van der Waals surface area contributed by atoms with Crippen molar-refractivity contribution in [3.05, 3.63) is 0 Å². The lowest BCUT2D eigenvalue weighted by Crippen LogP contribution is -2.31. The maximum absolute atomic E-state index is 11.1. The van der Waals surface area contributed by atoms with Gasteiger partial charge in [0.2, 0.25) is 5.91 Å². The zero-order valence-corrected chi connectivity index (χ0v) is 8.69. The fourth-order valence-corrected chi connectivity index (χ4v) is 1.46. The highest BCUT2D eigenvalue weighted by Gasteiger charge is 2.27. The first-order chi connectivity index (χ1) is 6.09. The Hall–Kier alpha value is -0.640. The molecule has 0 aromatic rings. The molecule has 1 amide bonds. The third-order valence-corrected chi connectivity index (χ3v) is 2.53. The summed E-state index contributed by atoms with van der Waals surface area (Å²) in [5, 5.41) is 2.83. The van der Waals surface area contributed by atoms with Gasteiger partial charge in [-0.3, -0.25) is 4.79 Å². The normalized spacial score (nSPS) is 17.9. The molecule has 1 aliphatic carbocycles. The number of nitrogens with one attached hydrogen (secondary N) is 1. The molecule has 1 rings (SSSR count). The Morgan fingerprint density at radius 2 is 2.31 bits per heavy atom. The number of hydrogen-bond donors (Lipinski definition) is 2. The molecule has 1 aliphatic rings. The summed E-state index contributed by atoms with van der Waals surface area (Å²) < 4.78 is 0. The van der Waals surface area contributed by atoms with E-state index < -0.39 is 0 Å². The quantitative estimate of drug-likeness (QED) is 0.646. The lowest BCUT2D eigenvalue weighted by atomic mass is 10.1. The van der Waals surface area contributed by atoms with E-state index in [4.69, 9.17) is 5.73 Å². The minimum absolute atomic E-state index is 0.0556. The van der Waals surface area contributed by atoms with Gasteiger partial charge in [-0.2, -0.15) is 0 Å². The van der Waals surface area contributed by atoms with Crippen molar-refractivity contribution in [3.8, 4) is 0 Å². The lowest BCUT2D eigenvalue weighted by Gasteiger charge is -2.10. The van der Waals surface area contributed by atoms with E-state index in [9.17, 15) is 4.79 Å². The van der Waals surface area contributed by atoms with E-state index in [1.165, 1.54) is 12.8 Å². The second kappa shape index (κ2) is 4.56. The molecule has 0 radical (unpaired) electrons. The lowest BCUT2D eigenvalue weighted by molar-refractivity contribution is -0.120. The number of amides is 1. The number of hydrogen-bond acceptors (Lipinski definition) is 2. The number of thiocarbonyl (C=S) groups is 1. The van der Waals surface area contributed by atoms with E-state index in [2.05, 4.69) is 24.5 Å². The first kappa shape index (κ1) is 10.4. The number of carbonyl (C=O) groups is 1. The average molecular weight is 200 g/mol. The summed E-state index contributed by atoms with van der Waals surface area (Å²) in [7, 11) is 0. The molecule has 1 saturated carbocycles. The summed E-state index contributed by atoms with van der Waals surface area (Å²) in [4.78, 5) is 11.4. The Balaban J connectivity index is 2.10. The second-order valence-corrected chi connectivity index (χ2v) is 4.29. The van der Waals surface area contributed by atoms with Crippen molar-refractivity contribution < 1.29 is 4.79 Å². The van der Waals surface area contributed by atoms with Crippen LogP contribution >= 0.6 is 12.2 Å².